The number of ether oxygens (including phenoxy) is 1. The van der Waals surface area contributed by atoms with Gasteiger partial charge in [0.05, 0.1) is 19.1 Å². The largest absolute Gasteiger partial charge is 0.481 e. The van der Waals surface area contributed by atoms with Gasteiger partial charge in [-0.1, -0.05) is 0 Å². The van der Waals surface area contributed by atoms with E-state index in [4.69, 9.17) is 9.84 Å². The van der Waals surface area contributed by atoms with Gasteiger partial charge in [-0.3, -0.25) is 9.59 Å². The number of carbonyl (C=O) groups excluding carboxylic acids is 1. The van der Waals surface area contributed by atoms with E-state index in [2.05, 4.69) is 9.97 Å². The van der Waals surface area contributed by atoms with Crippen molar-refractivity contribution in [3.63, 3.8) is 0 Å². The molecular formula is C15H21N3O5. The van der Waals surface area contributed by atoms with Crippen LogP contribution in [0.5, 0.6) is 0 Å². The number of aromatic amines is 1. The molecule has 0 bridgehead atoms. The van der Waals surface area contributed by atoms with Crippen LogP contribution in [0, 0.1) is 19.8 Å². The van der Waals surface area contributed by atoms with Gasteiger partial charge in [-0.2, -0.15) is 4.98 Å². The van der Waals surface area contributed by atoms with Crippen LogP contribution in [0.2, 0.25) is 0 Å². The molecule has 0 aliphatic carbocycles. The number of H-pyrrole nitrogens is 1. The monoisotopic (exact) mass is 323 g/mol. The Morgan fingerprint density at radius 3 is 2.83 bits per heavy atom. The molecule has 2 rings (SSSR count). The number of hydrogen-bond acceptors (Lipinski definition) is 5. The van der Waals surface area contributed by atoms with Crippen LogP contribution in [0.25, 0.3) is 0 Å². The van der Waals surface area contributed by atoms with E-state index in [0.29, 0.717) is 31.0 Å². The van der Waals surface area contributed by atoms with Gasteiger partial charge in [-0.15, -0.1) is 0 Å². The molecule has 2 N–H and O–H groups in total. The van der Waals surface area contributed by atoms with Crippen LogP contribution < -0.4 is 5.69 Å². The minimum absolute atomic E-state index is 0.119. The standard InChI is InChI=1S/C15H21N3O5/c1-9-12(10(2)17-15(22)16-9)3-4-13(19)18-5-6-23-8-11(7-18)14(20)21/h11H,3-8H2,1-2H3,(H,20,21)(H,16,17,22). The van der Waals surface area contributed by atoms with Crippen LogP contribution in [-0.2, 0) is 20.7 Å². The maximum absolute atomic E-state index is 12.4. The number of aromatic nitrogens is 2. The summed E-state index contributed by atoms with van der Waals surface area (Å²) in [6, 6.07) is 0. The Balaban J connectivity index is 2.01. The number of carboxylic acid groups (broad SMARTS) is 1. The van der Waals surface area contributed by atoms with E-state index in [1.165, 1.54) is 4.90 Å². The Morgan fingerprint density at radius 2 is 2.17 bits per heavy atom. The van der Waals surface area contributed by atoms with Crippen molar-refractivity contribution < 1.29 is 19.4 Å². The molecule has 1 atom stereocenters. The van der Waals surface area contributed by atoms with E-state index >= 15 is 0 Å². The van der Waals surface area contributed by atoms with Crippen molar-refractivity contribution in [1.29, 1.82) is 0 Å². The summed E-state index contributed by atoms with van der Waals surface area (Å²) in [6.45, 7) is 4.54. The van der Waals surface area contributed by atoms with Gasteiger partial charge in [0.2, 0.25) is 5.91 Å². The molecule has 1 aliphatic rings. The van der Waals surface area contributed by atoms with Gasteiger partial charge in [-0.25, -0.2) is 4.79 Å². The van der Waals surface area contributed by atoms with Crippen LogP contribution in [0.1, 0.15) is 23.4 Å². The molecule has 8 nitrogen and oxygen atoms in total. The van der Waals surface area contributed by atoms with Gasteiger partial charge in [0.25, 0.3) is 0 Å². The van der Waals surface area contributed by atoms with Crippen molar-refractivity contribution >= 4 is 11.9 Å². The Bertz CT molecular complexity index is 629. The van der Waals surface area contributed by atoms with E-state index in [1.54, 1.807) is 13.8 Å². The second-order valence-corrected chi connectivity index (χ2v) is 5.68. The summed E-state index contributed by atoms with van der Waals surface area (Å²) in [6.07, 6.45) is 0.692. The molecule has 126 valence electrons. The van der Waals surface area contributed by atoms with Gasteiger partial charge >= 0.3 is 11.7 Å². The van der Waals surface area contributed by atoms with Crippen molar-refractivity contribution in [2.45, 2.75) is 26.7 Å². The van der Waals surface area contributed by atoms with Crippen molar-refractivity contribution in [3.05, 3.63) is 27.4 Å². The van der Waals surface area contributed by atoms with Crippen LogP contribution in [0.4, 0.5) is 0 Å². The second-order valence-electron chi connectivity index (χ2n) is 5.68. The fourth-order valence-electron chi connectivity index (χ4n) is 2.70. The third-order valence-electron chi connectivity index (χ3n) is 4.01. The molecule has 2 heterocycles. The summed E-state index contributed by atoms with van der Waals surface area (Å²) in [7, 11) is 0. The molecule has 0 aromatic carbocycles. The van der Waals surface area contributed by atoms with Gasteiger partial charge in [0.1, 0.15) is 0 Å². The van der Waals surface area contributed by atoms with Gasteiger partial charge in [0.15, 0.2) is 0 Å². The number of hydrogen-bond donors (Lipinski definition) is 2. The maximum Gasteiger partial charge on any atom is 0.345 e. The Kier molecular flexibility index (Phi) is 5.49. The molecule has 1 aliphatic heterocycles. The molecule has 23 heavy (non-hydrogen) atoms. The van der Waals surface area contributed by atoms with Crippen molar-refractivity contribution in [3.8, 4) is 0 Å². The first-order valence-electron chi connectivity index (χ1n) is 7.53. The van der Waals surface area contributed by atoms with Crippen molar-refractivity contribution in [1.82, 2.24) is 14.9 Å². The molecule has 1 fully saturated rings. The smallest absolute Gasteiger partial charge is 0.345 e. The van der Waals surface area contributed by atoms with Gasteiger partial charge in [0, 0.05) is 30.9 Å². The highest BCUT2D eigenvalue weighted by molar-refractivity contribution is 5.78. The van der Waals surface area contributed by atoms with Crippen molar-refractivity contribution in [2.75, 3.05) is 26.3 Å². The summed E-state index contributed by atoms with van der Waals surface area (Å²) in [5.41, 5.74) is 1.77. The average Bonchev–Trinajstić information content (AvgIpc) is 2.71. The molecule has 1 saturated heterocycles. The highest BCUT2D eigenvalue weighted by Crippen LogP contribution is 2.13. The lowest BCUT2D eigenvalue weighted by molar-refractivity contribution is -0.144. The predicted octanol–water partition coefficient (Wildman–Crippen LogP) is -0.121. The zero-order valence-corrected chi connectivity index (χ0v) is 13.3. The Labute approximate surface area is 133 Å². The maximum atomic E-state index is 12.4. The zero-order chi connectivity index (χ0) is 17.0. The normalized spacial score (nSPS) is 18.5. The fourth-order valence-corrected chi connectivity index (χ4v) is 2.70. The molecule has 1 unspecified atom stereocenters. The minimum atomic E-state index is -0.957. The van der Waals surface area contributed by atoms with Crippen LogP contribution >= 0.6 is 0 Å². The molecule has 1 aromatic heterocycles. The van der Waals surface area contributed by atoms with Crippen LogP contribution in [0.3, 0.4) is 0 Å². The van der Waals surface area contributed by atoms with Crippen LogP contribution in [0.15, 0.2) is 4.79 Å². The molecular weight excluding hydrogens is 302 g/mol. The van der Waals surface area contributed by atoms with E-state index < -0.39 is 17.6 Å². The third kappa shape index (κ3) is 4.38. The number of nitrogens with zero attached hydrogens (tertiary/aromatic N) is 2. The van der Waals surface area contributed by atoms with E-state index in [-0.39, 0.29) is 25.5 Å². The SMILES string of the molecule is Cc1nc(=O)[nH]c(C)c1CCC(=O)N1CCOCC(C(=O)O)C1. The number of aliphatic carboxylic acids is 1. The minimum Gasteiger partial charge on any atom is -0.481 e. The lowest BCUT2D eigenvalue weighted by Crippen LogP contribution is -2.38. The molecule has 8 heteroatoms. The number of nitrogens with one attached hydrogen (secondary N) is 1. The number of carbonyl (C=O) groups is 2. The first-order valence-corrected chi connectivity index (χ1v) is 7.53. The van der Waals surface area contributed by atoms with Gasteiger partial charge < -0.3 is 19.7 Å². The van der Waals surface area contributed by atoms with E-state index in [1.807, 2.05) is 0 Å². The first kappa shape index (κ1) is 17.1. The number of amides is 1. The lowest BCUT2D eigenvalue weighted by Gasteiger charge is -2.22. The van der Waals surface area contributed by atoms with E-state index in [9.17, 15) is 14.4 Å². The summed E-state index contributed by atoms with van der Waals surface area (Å²) in [4.78, 5) is 42.8. The summed E-state index contributed by atoms with van der Waals surface area (Å²) in [5.74, 6) is -1.77. The third-order valence-corrected chi connectivity index (χ3v) is 4.01. The highest BCUT2D eigenvalue weighted by Gasteiger charge is 2.27. The summed E-state index contributed by atoms with van der Waals surface area (Å²) < 4.78 is 5.24. The van der Waals surface area contributed by atoms with Gasteiger partial charge in [-0.05, 0) is 25.8 Å². The molecule has 0 radical (unpaired) electrons. The zero-order valence-electron chi connectivity index (χ0n) is 13.3. The number of aryl methyl sites for hydroxylation is 2. The fraction of sp³-hybridized carbons (Fsp3) is 0.600. The summed E-state index contributed by atoms with van der Waals surface area (Å²) >= 11 is 0. The predicted molar refractivity (Wildman–Crippen MR) is 81.2 cm³/mol. The highest BCUT2D eigenvalue weighted by atomic mass is 16.5. The molecule has 0 saturated carbocycles. The molecule has 0 spiro atoms. The first-order chi connectivity index (χ1) is 10.9. The lowest BCUT2D eigenvalue weighted by atomic mass is 10.1. The summed E-state index contributed by atoms with van der Waals surface area (Å²) in [5, 5.41) is 9.11. The molecule has 1 amide bonds. The number of carboxylic acids is 1. The van der Waals surface area contributed by atoms with Crippen LogP contribution in [-0.4, -0.2) is 58.2 Å². The number of rotatable bonds is 4. The topological polar surface area (TPSA) is 113 Å². The molecule has 1 aromatic rings. The van der Waals surface area contributed by atoms with Crippen molar-refractivity contribution in [2.24, 2.45) is 5.92 Å². The second kappa shape index (κ2) is 7.36. The average molecular weight is 323 g/mol. The van der Waals surface area contributed by atoms with E-state index in [0.717, 1.165) is 5.56 Å². The Hall–Kier alpha value is -2.22. The quantitative estimate of drug-likeness (QED) is 0.799. The Morgan fingerprint density at radius 1 is 1.43 bits per heavy atom.